The molecule has 0 atom stereocenters. The molecule has 52 valence electrons. The van der Waals surface area contributed by atoms with Gasteiger partial charge in [0.25, 0.3) is 0 Å². The standard InChI is InChI=1S/C6H10O3/c1-4-2-6(9,3-4)5(7)8/h4,9H,2-3H2,1H3,(H,7,8). The van der Waals surface area contributed by atoms with Crippen molar-refractivity contribution in [3.05, 3.63) is 0 Å². The van der Waals surface area contributed by atoms with Crippen molar-refractivity contribution in [1.82, 2.24) is 0 Å². The number of hydrogen-bond donors (Lipinski definition) is 2. The maximum Gasteiger partial charge on any atom is 0.335 e. The first-order valence-corrected chi connectivity index (χ1v) is 3.00. The zero-order valence-corrected chi connectivity index (χ0v) is 5.29. The lowest BCUT2D eigenvalue weighted by Crippen LogP contribution is -2.49. The summed E-state index contributed by atoms with van der Waals surface area (Å²) < 4.78 is 0. The van der Waals surface area contributed by atoms with Gasteiger partial charge < -0.3 is 10.2 Å². The Morgan fingerprint density at radius 2 is 2.11 bits per heavy atom. The van der Waals surface area contributed by atoms with E-state index in [4.69, 9.17) is 10.2 Å². The van der Waals surface area contributed by atoms with E-state index in [-0.39, 0.29) is 0 Å². The van der Waals surface area contributed by atoms with Crippen molar-refractivity contribution in [3.8, 4) is 0 Å². The summed E-state index contributed by atoms with van der Waals surface area (Å²) in [6.45, 7) is 1.93. The van der Waals surface area contributed by atoms with E-state index in [2.05, 4.69) is 0 Å². The van der Waals surface area contributed by atoms with Crippen LogP contribution in [-0.4, -0.2) is 21.8 Å². The first kappa shape index (κ1) is 6.55. The Balaban J connectivity index is 2.50. The molecule has 9 heavy (non-hydrogen) atoms. The summed E-state index contributed by atoms with van der Waals surface area (Å²) in [5, 5.41) is 17.4. The maximum absolute atomic E-state index is 10.2. The maximum atomic E-state index is 10.2. The Morgan fingerprint density at radius 1 is 1.67 bits per heavy atom. The third-order valence-corrected chi connectivity index (χ3v) is 1.77. The summed E-state index contributed by atoms with van der Waals surface area (Å²) in [4.78, 5) is 10.2. The highest BCUT2D eigenvalue weighted by molar-refractivity contribution is 5.78. The molecule has 3 heteroatoms. The molecule has 0 aromatic rings. The van der Waals surface area contributed by atoms with Gasteiger partial charge in [-0.3, -0.25) is 0 Å². The van der Waals surface area contributed by atoms with Gasteiger partial charge in [-0.15, -0.1) is 0 Å². The summed E-state index contributed by atoms with van der Waals surface area (Å²) in [5.41, 5.74) is -1.39. The Hall–Kier alpha value is -0.570. The molecule has 0 aliphatic heterocycles. The van der Waals surface area contributed by atoms with Crippen LogP contribution in [0.4, 0.5) is 0 Å². The molecule has 1 aliphatic rings. The van der Waals surface area contributed by atoms with Gasteiger partial charge in [0.05, 0.1) is 0 Å². The second-order valence-corrected chi connectivity index (χ2v) is 2.85. The van der Waals surface area contributed by atoms with E-state index in [9.17, 15) is 4.79 Å². The van der Waals surface area contributed by atoms with Crippen molar-refractivity contribution in [2.75, 3.05) is 0 Å². The lowest BCUT2D eigenvalue weighted by atomic mass is 9.72. The van der Waals surface area contributed by atoms with Crippen LogP contribution in [0.25, 0.3) is 0 Å². The molecule has 0 heterocycles. The molecule has 0 spiro atoms. The van der Waals surface area contributed by atoms with Crippen molar-refractivity contribution in [3.63, 3.8) is 0 Å². The van der Waals surface area contributed by atoms with Gasteiger partial charge in [0.15, 0.2) is 5.60 Å². The van der Waals surface area contributed by atoms with E-state index < -0.39 is 11.6 Å². The van der Waals surface area contributed by atoms with Crippen LogP contribution in [0.5, 0.6) is 0 Å². The van der Waals surface area contributed by atoms with Crippen LogP contribution >= 0.6 is 0 Å². The molecular weight excluding hydrogens is 120 g/mol. The third kappa shape index (κ3) is 0.920. The zero-order chi connectivity index (χ0) is 7.07. The molecule has 0 aromatic heterocycles. The van der Waals surface area contributed by atoms with E-state index in [0.717, 1.165) is 0 Å². The normalized spacial score (nSPS) is 41.8. The summed E-state index contributed by atoms with van der Waals surface area (Å²) in [6, 6.07) is 0. The van der Waals surface area contributed by atoms with Gasteiger partial charge in [-0.1, -0.05) is 6.92 Å². The quantitative estimate of drug-likeness (QED) is 0.534. The molecule has 2 N–H and O–H groups in total. The Bertz CT molecular complexity index is 135. The van der Waals surface area contributed by atoms with Crippen molar-refractivity contribution in [2.45, 2.75) is 25.4 Å². The molecule has 0 aromatic carbocycles. The van der Waals surface area contributed by atoms with Gasteiger partial charge in [0.2, 0.25) is 0 Å². The second-order valence-electron chi connectivity index (χ2n) is 2.85. The lowest BCUT2D eigenvalue weighted by molar-refractivity contribution is -0.173. The topological polar surface area (TPSA) is 57.5 Å². The molecule has 0 amide bonds. The number of rotatable bonds is 1. The predicted molar refractivity (Wildman–Crippen MR) is 31.0 cm³/mol. The van der Waals surface area contributed by atoms with E-state index in [1.807, 2.05) is 6.92 Å². The molecule has 0 radical (unpaired) electrons. The number of hydrogen-bond acceptors (Lipinski definition) is 2. The molecule has 1 rings (SSSR count). The van der Waals surface area contributed by atoms with Gasteiger partial charge in [-0.2, -0.15) is 0 Å². The molecule has 1 saturated carbocycles. The number of carbonyl (C=O) groups is 1. The average Bonchev–Trinajstić information content (AvgIpc) is 1.62. The number of carboxylic acids is 1. The first-order chi connectivity index (χ1) is 4.04. The molecule has 0 bridgehead atoms. The molecule has 3 nitrogen and oxygen atoms in total. The van der Waals surface area contributed by atoms with Gasteiger partial charge in [-0.05, 0) is 18.8 Å². The van der Waals surface area contributed by atoms with Crippen molar-refractivity contribution < 1.29 is 15.0 Å². The Kier molecular flexibility index (Phi) is 1.24. The fraction of sp³-hybridized carbons (Fsp3) is 0.833. The van der Waals surface area contributed by atoms with Gasteiger partial charge in [0, 0.05) is 0 Å². The summed E-state index contributed by atoms with van der Waals surface area (Å²) in [5.74, 6) is -0.716. The van der Waals surface area contributed by atoms with E-state index >= 15 is 0 Å². The van der Waals surface area contributed by atoms with Crippen LogP contribution in [0, 0.1) is 5.92 Å². The Labute approximate surface area is 53.3 Å². The second kappa shape index (κ2) is 1.70. The summed E-state index contributed by atoms with van der Waals surface area (Å²) in [6.07, 6.45) is 0.810. The third-order valence-electron chi connectivity index (χ3n) is 1.77. The smallest absolute Gasteiger partial charge is 0.335 e. The minimum absolute atomic E-state index is 0.367. The van der Waals surface area contributed by atoms with Crippen molar-refractivity contribution in [1.29, 1.82) is 0 Å². The van der Waals surface area contributed by atoms with Crippen LogP contribution in [0.1, 0.15) is 19.8 Å². The first-order valence-electron chi connectivity index (χ1n) is 3.00. The largest absolute Gasteiger partial charge is 0.479 e. The molecule has 0 saturated heterocycles. The average molecular weight is 130 g/mol. The van der Waals surface area contributed by atoms with Crippen molar-refractivity contribution >= 4 is 5.97 Å². The highest BCUT2D eigenvalue weighted by Gasteiger charge is 2.46. The molecule has 0 unspecified atom stereocenters. The van der Waals surface area contributed by atoms with E-state index in [0.29, 0.717) is 18.8 Å². The summed E-state index contributed by atoms with van der Waals surface area (Å²) in [7, 11) is 0. The van der Waals surface area contributed by atoms with Gasteiger partial charge in [0.1, 0.15) is 0 Å². The van der Waals surface area contributed by atoms with Crippen LogP contribution < -0.4 is 0 Å². The van der Waals surface area contributed by atoms with Crippen molar-refractivity contribution in [2.24, 2.45) is 5.92 Å². The van der Waals surface area contributed by atoms with Gasteiger partial charge >= 0.3 is 5.97 Å². The lowest BCUT2D eigenvalue weighted by Gasteiger charge is -2.37. The zero-order valence-electron chi connectivity index (χ0n) is 5.29. The van der Waals surface area contributed by atoms with E-state index in [1.54, 1.807) is 0 Å². The molecule has 1 aliphatic carbocycles. The number of aliphatic carboxylic acids is 1. The number of carboxylic acid groups (broad SMARTS) is 1. The SMILES string of the molecule is CC1CC(O)(C(=O)O)C1. The highest BCUT2D eigenvalue weighted by atomic mass is 16.4. The van der Waals surface area contributed by atoms with Gasteiger partial charge in [-0.25, -0.2) is 4.79 Å². The minimum Gasteiger partial charge on any atom is -0.479 e. The van der Waals surface area contributed by atoms with E-state index in [1.165, 1.54) is 0 Å². The van der Waals surface area contributed by atoms with Crippen LogP contribution in [-0.2, 0) is 4.79 Å². The van der Waals surface area contributed by atoms with Crippen LogP contribution in [0.15, 0.2) is 0 Å². The Morgan fingerprint density at radius 3 is 2.22 bits per heavy atom. The summed E-state index contributed by atoms with van der Waals surface area (Å²) >= 11 is 0. The molecular formula is C6H10O3. The minimum atomic E-state index is -1.39. The monoisotopic (exact) mass is 130 g/mol. The van der Waals surface area contributed by atoms with Crippen LogP contribution in [0.3, 0.4) is 0 Å². The molecule has 1 fully saturated rings. The van der Waals surface area contributed by atoms with Crippen LogP contribution in [0.2, 0.25) is 0 Å². The number of aliphatic hydroxyl groups is 1. The predicted octanol–water partition coefficient (Wildman–Crippen LogP) is 0.232. The fourth-order valence-electron chi connectivity index (χ4n) is 1.27. The highest BCUT2D eigenvalue weighted by Crippen LogP contribution is 2.37. The fourth-order valence-corrected chi connectivity index (χ4v) is 1.27.